The summed E-state index contributed by atoms with van der Waals surface area (Å²) in [5, 5.41) is 11.6. The van der Waals surface area contributed by atoms with Crippen LogP contribution in [0.4, 0.5) is 8.78 Å². The molecule has 1 heterocycles. The van der Waals surface area contributed by atoms with Gasteiger partial charge in [-0.1, -0.05) is 31.0 Å². The maximum atomic E-state index is 12.2. The molecule has 10 heteroatoms. The van der Waals surface area contributed by atoms with Gasteiger partial charge in [-0.2, -0.15) is 8.78 Å². The van der Waals surface area contributed by atoms with Crippen molar-refractivity contribution in [2.75, 3.05) is 11.6 Å². The molecule has 2 aromatic rings. The molecule has 1 saturated carbocycles. The van der Waals surface area contributed by atoms with Crippen molar-refractivity contribution in [1.82, 2.24) is 20.2 Å². The lowest BCUT2D eigenvalue weighted by Crippen LogP contribution is -2.36. The number of nitrogens with two attached hydrogens (primary N) is 1. The summed E-state index contributed by atoms with van der Waals surface area (Å²) in [6.07, 6.45) is 6.09. The number of nitrogens with one attached hydrogen (secondary N) is 1. The number of nitrogen functional groups attached to an aromatic ring is 1. The van der Waals surface area contributed by atoms with E-state index in [9.17, 15) is 13.6 Å². The van der Waals surface area contributed by atoms with Crippen LogP contribution in [0.1, 0.15) is 38.5 Å². The Balaban J connectivity index is 1.51. The monoisotopic (exact) mass is 411 g/mol. The zero-order chi connectivity index (χ0) is 19.9. The third-order valence-electron chi connectivity index (χ3n) is 4.53. The Morgan fingerprint density at radius 3 is 2.64 bits per heavy atom. The van der Waals surface area contributed by atoms with Gasteiger partial charge in [-0.05, 0) is 37.1 Å². The number of aromatic nitrogens is 3. The number of carbonyl (C=O) groups excluding carboxylic acids is 1. The van der Waals surface area contributed by atoms with Crippen LogP contribution >= 0.6 is 11.8 Å². The standard InChI is InChI=1S/C18H23F2N5O2S/c19-17(20)27-14-8-6-12(7-9-14)16-23-24-18(25(16)21)28-11-10-15(26)22-13-4-2-1-3-5-13/h6-9,13,17H,1-5,10-11,21H2,(H,22,26). The number of halogens is 2. The fourth-order valence-electron chi connectivity index (χ4n) is 3.14. The fraction of sp³-hybridized carbons (Fsp3) is 0.500. The molecule has 7 nitrogen and oxygen atoms in total. The predicted molar refractivity (Wildman–Crippen MR) is 103 cm³/mol. The van der Waals surface area contributed by atoms with Crippen molar-refractivity contribution in [2.45, 2.75) is 56.3 Å². The molecular formula is C18H23F2N5O2S. The van der Waals surface area contributed by atoms with Gasteiger partial charge in [-0.3, -0.25) is 4.79 Å². The summed E-state index contributed by atoms with van der Waals surface area (Å²) in [6.45, 7) is -2.87. The number of thioether (sulfide) groups is 1. The molecule has 1 aliphatic carbocycles. The summed E-state index contributed by atoms with van der Waals surface area (Å²) < 4.78 is 30.1. The van der Waals surface area contributed by atoms with Gasteiger partial charge in [0.05, 0.1) is 0 Å². The van der Waals surface area contributed by atoms with Crippen LogP contribution in [0.3, 0.4) is 0 Å². The molecule has 0 aliphatic heterocycles. The first-order chi connectivity index (χ1) is 13.5. The Bertz CT molecular complexity index is 779. The second kappa shape index (κ2) is 9.72. The van der Waals surface area contributed by atoms with Crippen LogP contribution in [-0.2, 0) is 4.79 Å². The van der Waals surface area contributed by atoms with Crippen LogP contribution in [0.25, 0.3) is 11.4 Å². The molecule has 0 saturated heterocycles. The van der Waals surface area contributed by atoms with Crippen LogP contribution in [-0.4, -0.2) is 39.2 Å². The van der Waals surface area contributed by atoms with E-state index in [0.717, 1.165) is 12.8 Å². The maximum absolute atomic E-state index is 12.2. The summed E-state index contributed by atoms with van der Waals surface area (Å²) in [5.74, 6) is 7.07. The summed E-state index contributed by atoms with van der Waals surface area (Å²) in [4.78, 5) is 12.1. The first-order valence-corrected chi connectivity index (χ1v) is 10.2. The van der Waals surface area contributed by atoms with Crippen LogP contribution in [0.2, 0.25) is 0 Å². The Labute approximate surface area is 166 Å². The zero-order valence-electron chi connectivity index (χ0n) is 15.3. The highest BCUT2D eigenvalue weighted by atomic mass is 32.2. The minimum atomic E-state index is -2.87. The largest absolute Gasteiger partial charge is 0.435 e. The fourth-order valence-corrected chi connectivity index (χ4v) is 3.93. The Morgan fingerprint density at radius 2 is 1.96 bits per heavy atom. The Morgan fingerprint density at radius 1 is 1.25 bits per heavy atom. The molecule has 1 amide bonds. The van der Waals surface area contributed by atoms with Gasteiger partial charge in [-0.25, -0.2) is 4.68 Å². The number of nitrogens with zero attached hydrogens (tertiary/aromatic N) is 3. The average Bonchev–Trinajstić information content (AvgIpc) is 3.03. The number of rotatable bonds is 8. The smallest absolute Gasteiger partial charge is 0.387 e. The molecule has 3 N–H and O–H groups in total. The number of benzene rings is 1. The van der Waals surface area contributed by atoms with Crippen molar-refractivity contribution in [3.8, 4) is 17.1 Å². The molecule has 0 radical (unpaired) electrons. The predicted octanol–water partition coefficient (Wildman–Crippen LogP) is 3.19. The lowest BCUT2D eigenvalue weighted by Gasteiger charge is -2.22. The maximum Gasteiger partial charge on any atom is 0.387 e. The van der Waals surface area contributed by atoms with E-state index < -0.39 is 6.61 Å². The van der Waals surface area contributed by atoms with Gasteiger partial charge in [0.1, 0.15) is 5.75 Å². The molecule has 28 heavy (non-hydrogen) atoms. The molecule has 152 valence electrons. The first kappa shape index (κ1) is 20.4. The minimum absolute atomic E-state index is 0.0392. The summed E-state index contributed by atoms with van der Waals surface area (Å²) >= 11 is 1.34. The van der Waals surface area contributed by atoms with E-state index in [1.807, 2.05) is 0 Å². The van der Waals surface area contributed by atoms with Crippen molar-refractivity contribution >= 4 is 17.7 Å². The van der Waals surface area contributed by atoms with Crippen molar-refractivity contribution in [1.29, 1.82) is 0 Å². The van der Waals surface area contributed by atoms with Crippen LogP contribution < -0.4 is 15.9 Å². The van der Waals surface area contributed by atoms with Gasteiger partial charge in [0, 0.05) is 23.8 Å². The number of amides is 1. The highest BCUT2D eigenvalue weighted by Crippen LogP contribution is 2.24. The summed E-state index contributed by atoms with van der Waals surface area (Å²) in [7, 11) is 0. The van der Waals surface area contributed by atoms with Crippen molar-refractivity contribution < 1.29 is 18.3 Å². The van der Waals surface area contributed by atoms with Crippen LogP contribution in [0.15, 0.2) is 29.4 Å². The number of hydrogen-bond donors (Lipinski definition) is 2. The highest BCUT2D eigenvalue weighted by molar-refractivity contribution is 7.99. The number of hydrogen-bond acceptors (Lipinski definition) is 6. The van der Waals surface area contributed by atoms with Crippen molar-refractivity contribution in [2.24, 2.45) is 0 Å². The van der Waals surface area contributed by atoms with E-state index in [2.05, 4.69) is 20.3 Å². The number of alkyl halides is 2. The molecule has 1 aliphatic rings. The van der Waals surface area contributed by atoms with E-state index in [1.54, 1.807) is 12.1 Å². The third-order valence-corrected chi connectivity index (χ3v) is 5.48. The van der Waals surface area contributed by atoms with Gasteiger partial charge in [-0.15, -0.1) is 10.2 Å². The molecule has 0 bridgehead atoms. The SMILES string of the molecule is Nn1c(SCCC(=O)NC2CCCCC2)nnc1-c1ccc(OC(F)F)cc1. The third kappa shape index (κ3) is 5.57. The lowest BCUT2D eigenvalue weighted by molar-refractivity contribution is -0.121. The molecule has 0 spiro atoms. The second-order valence-electron chi connectivity index (χ2n) is 6.58. The van der Waals surface area contributed by atoms with E-state index in [0.29, 0.717) is 34.8 Å². The second-order valence-corrected chi connectivity index (χ2v) is 7.64. The van der Waals surface area contributed by atoms with E-state index >= 15 is 0 Å². The van der Waals surface area contributed by atoms with Gasteiger partial charge in [0.15, 0.2) is 5.82 Å². The molecule has 0 atom stereocenters. The van der Waals surface area contributed by atoms with Crippen LogP contribution in [0.5, 0.6) is 5.75 Å². The Hall–Kier alpha value is -2.36. The minimum Gasteiger partial charge on any atom is -0.435 e. The molecule has 0 unspecified atom stereocenters. The van der Waals surface area contributed by atoms with Gasteiger partial charge < -0.3 is 15.9 Å². The number of ether oxygens (including phenoxy) is 1. The van der Waals surface area contributed by atoms with Crippen LogP contribution in [0, 0.1) is 0 Å². The topological polar surface area (TPSA) is 95.1 Å². The lowest BCUT2D eigenvalue weighted by atomic mass is 9.95. The summed E-state index contributed by atoms with van der Waals surface area (Å²) in [5.41, 5.74) is 0.624. The Kier molecular flexibility index (Phi) is 7.07. The average molecular weight is 411 g/mol. The van der Waals surface area contributed by atoms with E-state index in [4.69, 9.17) is 5.84 Å². The first-order valence-electron chi connectivity index (χ1n) is 9.21. The van der Waals surface area contributed by atoms with Crippen molar-refractivity contribution in [3.05, 3.63) is 24.3 Å². The van der Waals surface area contributed by atoms with Crippen molar-refractivity contribution in [3.63, 3.8) is 0 Å². The normalized spacial score (nSPS) is 15.0. The van der Waals surface area contributed by atoms with E-state index in [1.165, 1.54) is 47.8 Å². The number of carbonyl (C=O) groups is 1. The molecule has 1 fully saturated rings. The molecule has 1 aromatic carbocycles. The molecule has 3 rings (SSSR count). The summed E-state index contributed by atoms with van der Waals surface area (Å²) in [6, 6.07) is 6.29. The molecule has 1 aromatic heterocycles. The van der Waals surface area contributed by atoms with Gasteiger partial charge in [0.25, 0.3) is 0 Å². The van der Waals surface area contributed by atoms with Gasteiger partial charge >= 0.3 is 6.61 Å². The molecular weight excluding hydrogens is 388 g/mol. The zero-order valence-corrected chi connectivity index (χ0v) is 16.1. The quantitative estimate of drug-likeness (QED) is 0.512. The van der Waals surface area contributed by atoms with E-state index in [-0.39, 0.29) is 11.7 Å². The van der Waals surface area contributed by atoms with Gasteiger partial charge in [0.2, 0.25) is 11.1 Å². The highest BCUT2D eigenvalue weighted by Gasteiger charge is 2.17.